The van der Waals surface area contributed by atoms with Gasteiger partial charge in [-0.15, -0.1) is 22.7 Å². The van der Waals surface area contributed by atoms with Crippen LogP contribution in [-0.4, -0.2) is 23.9 Å². The van der Waals surface area contributed by atoms with Crippen molar-refractivity contribution in [2.45, 2.75) is 0 Å². The van der Waals surface area contributed by atoms with Gasteiger partial charge in [0.1, 0.15) is 0 Å². The molecule has 48 valence electrons. The molecule has 2 rings (SSSR count). The van der Waals surface area contributed by atoms with Crippen molar-refractivity contribution in [1.82, 2.24) is 0 Å². The van der Waals surface area contributed by atoms with Crippen LogP contribution in [0, 0.1) is 0 Å². The zero-order valence-corrected chi connectivity index (χ0v) is 5.76. The van der Waals surface area contributed by atoms with Crippen LogP contribution in [0.1, 0.15) is 0 Å². The zero-order valence-electron chi connectivity index (χ0n) is 4.13. The van der Waals surface area contributed by atoms with Crippen molar-refractivity contribution >= 4 is 56.0 Å². The smallest absolute Gasteiger partial charge is 0.0450 e. The fraction of sp³-hybridized carbons (Fsp3) is 0. The largest absolute Gasteiger partial charge is 0.143 e. The van der Waals surface area contributed by atoms with Gasteiger partial charge in [-0.3, -0.25) is 0 Å². The normalized spacial score (nSPS) is 9.33. The van der Waals surface area contributed by atoms with Crippen LogP contribution in [0.4, 0.5) is 0 Å². The van der Waals surface area contributed by atoms with E-state index in [0.717, 1.165) is 0 Å². The molecule has 0 saturated heterocycles. The molecule has 2 aromatic rings. The van der Waals surface area contributed by atoms with Crippen LogP contribution in [0.2, 0.25) is 0 Å². The van der Waals surface area contributed by atoms with Gasteiger partial charge < -0.3 is 0 Å². The second-order valence-electron chi connectivity index (χ2n) is 1.57. The third-order valence-electron chi connectivity index (χ3n) is 1.07. The maximum absolute atomic E-state index is 2.16. The third kappa shape index (κ3) is 1.30. The van der Waals surface area contributed by atoms with E-state index in [-0.39, 0.29) is 23.9 Å². The molecule has 0 aliphatic carbocycles. The average Bonchev–Trinajstić information content (AvgIpc) is 2.15. The van der Waals surface area contributed by atoms with Crippen molar-refractivity contribution in [2.24, 2.45) is 0 Å². The van der Waals surface area contributed by atoms with Crippen LogP contribution < -0.4 is 0 Å². The van der Waals surface area contributed by atoms with Gasteiger partial charge in [0, 0.05) is 9.40 Å². The van der Waals surface area contributed by atoms with E-state index in [9.17, 15) is 0 Å². The number of thiophene rings is 2. The quantitative estimate of drug-likeness (QED) is 0.632. The van der Waals surface area contributed by atoms with E-state index in [1.807, 2.05) is 0 Å². The Kier molecular flexibility index (Phi) is 2.55. The SMILES string of the molecule is [SnH4].c1cc2sccc2s1. The molecule has 0 fully saturated rings. The van der Waals surface area contributed by atoms with E-state index < -0.39 is 0 Å². The molecule has 0 amide bonds. The predicted molar refractivity (Wildman–Crippen MR) is 51.0 cm³/mol. The molecule has 0 N–H and O–H groups in total. The van der Waals surface area contributed by atoms with E-state index in [4.69, 9.17) is 0 Å². The Balaban J connectivity index is 0.000000405. The first kappa shape index (κ1) is 7.56. The first-order valence-corrected chi connectivity index (χ1v) is 4.13. The maximum Gasteiger partial charge on any atom is 0.0450 e. The minimum atomic E-state index is 0. The average molecular weight is 263 g/mol. The second-order valence-corrected chi connectivity index (χ2v) is 3.47. The molecule has 0 spiro atoms. The number of rotatable bonds is 0. The zero-order chi connectivity index (χ0) is 5.40. The molecule has 0 aliphatic rings. The topological polar surface area (TPSA) is 0 Å². The maximum atomic E-state index is 2.16. The second kappa shape index (κ2) is 3.03. The Morgan fingerprint density at radius 3 is 1.78 bits per heavy atom. The van der Waals surface area contributed by atoms with Gasteiger partial charge in [-0.05, 0) is 22.9 Å². The Morgan fingerprint density at radius 2 is 1.33 bits per heavy atom. The van der Waals surface area contributed by atoms with Crippen LogP contribution >= 0.6 is 22.7 Å². The summed E-state index contributed by atoms with van der Waals surface area (Å²) in [5, 5.41) is 4.25. The molecule has 0 bridgehead atoms. The standard InChI is InChI=1S/C6H4S2.Sn.4H/c1-3-7-6-2-4-8-5(1)6;;;;;/h1-4H;;;;;. The number of fused-ring (bicyclic) bond motifs is 1. The van der Waals surface area contributed by atoms with Gasteiger partial charge in [0.25, 0.3) is 0 Å². The van der Waals surface area contributed by atoms with Crippen LogP contribution in [0.15, 0.2) is 22.9 Å². The molecule has 9 heavy (non-hydrogen) atoms. The molecule has 2 aromatic heterocycles. The van der Waals surface area contributed by atoms with E-state index in [1.165, 1.54) is 9.40 Å². The summed E-state index contributed by atoms with van der Waals surface area (Å²) in [6.45, 7) is 0. The van der Waals surface area contributed by atoms with E-state index in [2.05, 4.69) is 22.9 Å². The van der Waals surface area contributed by atoms with Crippen LogP contribution in [0.5, 0.6) is 0 Å². The molecule has 0 aliphatic heterocycles. The van der Waals surface area contributed by atoms with Gasteiger partial charge in [0.15, 0.2) is 0 Å². The molecular weight excluding hydrogens is 255 g/mol. The fourth-order valence-corrected chi connectivity index (χ4v) is 2.52. The summed E-state index contributed by atoms with van der Waals surface area (Å²) < 4.78 is 2.82. The summed E-state index contributed by atoms with van der Waals surface area (Å²) >= 11 is 3.61. The van der Waals surface area contributed by atoms with Gasteiger partial charge >= 0.3 is 23.9 Å². The Morgan fingerprint density at radius 1 is 0.889 bits per heavy atom. The van der Waals surface area contributed by atoms with Gasteiger partial charge in [-0.1, -0.05) is 0 Å². The summed E-state index contributed by atoms with van der Waals surface area (Å²) in [5.74, 6) is 0. The molecule has 0 unspecified atom stereocenters. The molecule has 0 aromatic carbocycles. The summed E-state index contributed by atoms with van der Waals surface area (Å²) in [4.78, 5) is 0. The minimum Gasteiger partial charge on any atom is -0.143 e. The van der Waals surface area contributed by atoms with Crippen molar-refractivity contribution in [2.75, 3.05) is 0 Å². The van der Waals surface area contributed by atoms with Crippen molar-refractivity contribution < 1.29 is 0 Å². The van der Waals surface area contributed by atoms with Gasteiger partial charge in [0.05, 0.1) is 0 Å². The molecule has 0 radical (unpaired) electrons. The van der Waals surface area contributed by atoms with Gasteiger partial charge in [-0.25, -0.2) is 0 Å². The molecule has 2 heterocycles. The number of hydrogen-bond acceptors (Lipinski definition) is 2. The minimum absolute atomic E-state index is 0. The fourth-order valence-electron chi connectivity index (χ4n) is 0.697. The number of hydrogen-bond donors (Lipinski definition) is 0. The first-order valence-electron chi connectivity index (χ1n) is 2.37. The first-order chi connectivity index (χ1) is 3.97. The van der Waals surface area contributed by atoms with Crippen LogP contribution in [0.25, 0.3) is 9.40 Å². The summed E-state index contributed by atoms with van der Waals surface area (Å²) in [7, 11) is 0. The molecule has 0 atom stereocenters. The summed E-state index contributed by atoms with van der Waals surface area (Å²) in [6.07, 6.45) is 0. The van der Waals surface area contributed by atoms with E-state index in [0.29, 0.717) is 0 Å². The van der Waals surface area contributed by atoms with Crippen molar-refractivity contribution in [3.63, 3.8) is 0 Å². The summed E-state index contributed by atoms with van der Waals surface area (Å²) in [6, 6.07) is 4.31. The van der Waals surface area contributed by atoms with E-state index in [1.54, 1.807) is 22.7 Å². The van der Waals surface area contributed by atoms with Crippen molar-refractivity contribution in [1.29, 1.82) is 0 Å². The van der Waals surface area contributed by atoms with Gasteiger partial charge in [0.2, 0.25) is 0 Å². The van der Waals surface area contributed by atoms with E-state index >= 15 is 0 Å². The molecule has 0 saturated carbocycles. The van der Waals surface area contributed by atoms with Crippen LogP contribution in [-0.2, 0) is 0 Å². The third-order valence-corrected chi connectivity index (χ3v) is 2.97. The van der Waals surface area contributed by atoms with Crippen molar-refractivity contribution in [3.8, 4) is 0 Å². The Hall–Kier alpha value is 0.459. The van der Waals surface area contributed by atoms with Crippen LogP contribution in [0.3, 0.4) is 0 Å². The van der Waals surface area contributed by atoms with Crippen molar-refractivity contribution in [3.05, 3.63) is 22.9 Å². The molecular formula is C6H8S2Sn. The Labute approximate surface area is 78.5 Å². The predicted octanol–water partition coefficient (Wildman–Crippen LogP) is 1.51. The van der Waals surface area contributed by atoms with Gasteiger partial charge in [-0.2, -0.15) is 0 Å². The Bertz CT molecular complexity index is 232. The summed E-state index contributed by atoms with van der Waals surface area (Å²) in [5.41, 5.74) is 0. The molecule has 0 nitrogen and oxygen atoms in total. The molecule has 3 heteroatoms. The monoisotopic (exact) mass is 264 g/mol.